The van der Waals surface area contributed by atoms with Crippen LogP contribution in [0.5, 0.6) is 0 Å². The minimum absolute atomic E-state index is 0.0577. The van der Waals surface area contributed by atoms with Crippen molar-refractivity contribution in [2.45, 2.75) is 13.5 Å². The molecule has 0 atom stereocenters. The molecule has 6 heteroatoms. The third-order valence-corrected chi connectivity index (χ3v) is 2.86. The number of hydrogen-bond donors (Lipinski definition) is 0. The van der Waals surface area contributed by atoms with Gasteiger partial charge in [0.1, 0.15) is 5.82 Å². The second kappa shape index (κ2) is 6.61. The van der Waals surface area contributed by atoms with E-state index in [2.05, 4.69) is 20.7 Å². The number of Topliss-reactive ketones (excluding diaryl/α,β-unsaturated/α-hetero) is 1. The first-order valence-electron chi connectivity index (χ1n) is 5.19. The van der Waals surface area contributed by atoms with E-state index in [9.17, 15) is 14.0 Å². The molecule has 0 saturated heterocycles. The van der Waals surface area contributed by atoms with Crippen LogP contribution < -0.4 is 0 Å². The zero-order chi connectivity index (χ0) is 13.7. The van der Waals surface area contributed by atoms with E-state index in [1.165, 1.54) is 13.2 Å². The Hall–Kier alpha value is -1.27. The number of ether oxygens (including phenoxy) is 2. The number of ketones is 1. The Labute approximate surface area is 112 Å². The molecule has 1 aromatic rings. The summed E-state index contributed by atoms with van der Waals surface area (Å²) in [5.41, 5.74) is 0.232. The number of carbonyl (C=O) groups excluding carboxylic acids is 2. The topological polar surface area (TPSA) is 52.6 Å². The molecule has 0 N–H and O–H groups in total. The Kier molecular flexibility index (Phi) is 5.43. The quantitative estimate of drug-likeness (QED) is 0.475. The van der Waals surface area contributed by atoms with Crippen molar-refractivity contribution in [1.29, 1.82) is 0 Å². The number of benzene rings is 1. The van der Waals surface area contributed by atoms with Gasteiger partial charge in [0.05, 0.1) is 13.2 Å². The van der Waals surface area contributed by atoms with E-state index in [4.69, 9.17) is 4.74 Å². The lowest BCUT2D eigenvalue weighted by molar-refractivity contribution is -0.137. The summed E-state index contributed by atoms with van der Waals surface area (Å²) in [5, 5.41) is 0. The summed E-state index contributed by atoms with van der Waals surface area (Å²) >= 11 is 3.13. The van der Waals surface area contributed by atoms with Crippen molar-refractivity contribution < 1.29 is 23.5 Å². The normalized spacial score (nSPS) is 10.2. The van der Waals surface area contributed by atoms with Gasteiger partial charge in [-0.3, -0.25) is 4.79 Å². The summed E-state index contributed by atoms with van der Waals surface area (Å²) in [6.45, 7) is 1.75. The number of esters is 1. The number of rotatable bonds is 5. The van der Waals surface area contributed by atoms with E-state index in [0.717, 1.165) is 6.07 Å². The van der Waals surface area contributed by atoms with Crippen LogP contribution in [-0.2, 0) is 20.9 Å². The van der Waals surface area contributed by atoms with Crippen molar-refractivity contribution in [2.24, 2.45) is 0 Å². The summed E-state index contributed by atoms with van der Waals surface area (Å²) in [4.78, 5) is 22.9. The van der Waals surface area contributed by atoms with Gasteiger partial charge in [-0.1, -0.05) is 15.9 Å². The average Bonchev–Trinajstić information content (AvgIpc) is 2.33. The van der Waals surface area contributed by atoms with Gasteiger partial charge in [0.25, 0.3) is 5.78 Å². The van der Waals surface area contributed by atoms with Gasteiger partial charge < -0.3 is 9.47 Å². The second-order valence-electron chi connectivity index (χ2n) is 3.40. The Morgan fingerprint density at radius 3 is 2.56 bits per heavy atom. The molecule has 98 valence electrons. The molecule has 0 saturated carbocycles. The first-order valence-corrected chi connectivity index (χ1v) is 5.98. The van der Waals surface area contributed by atoms with Gasteiger partial charge in [0, 0.05) is 22.7 Å². The van der Waals surface area contributed by atoms with Gasteiger partial charge in [-0.15, -0.1) is 0 Å². The predicted octanol–water partition coefficient (Wildman–Crippen LogP) is 2.48. The molecule has 4 nitrogen and oxygen atoms in total. The highest BCUT2D eigenvalue weighted by molar-refractivity contribution is 9.10. The van der Waals surface area contributed by atoms with Gasteiger partial charge in [-0.2, -0.15) is 0 Å². The van der Waals surface area contributed by atoms with E-state index in [1.54, 1.807) is 6.92 Å². The van der Waals surface area contributed by atoms with Crippen molar-refractivity contribution in [3.63, 3.8) is 0 Å². The Morgan fingerprint density at radius 1 is 1.39 bits per heavy atom. The van der Waals surface area contributed by atoms with Crippen LogP contribution in [0.3, 0.4) is 0 Å². The molecule has 0 aliphatic carbocycles. The van der Waals surface area contributed by atoms with Crippen LogP contribution in [-0.4, -0.2) is 25.5 Å². The van der Waals surface area contributed by atoms with Gasteiger partial charge in [0.15, 0.2) is 0 Å². The van der Waals surface area contributed by atoms with E-state index in [0.29, 0.717) is 4.47 Å². The molecule has 0 amide bonds. The van der Waals surface area contributed by atoms with Crippen LogP contribution in [0, 0.1) is 5.82 Å². The zero-order valence-corrected chi connectivity index (χ0v) is 11.5. The van der Waals surface area contributed by atoms with Crippen LogP contribution in [0.25, 0.3) is 0 Å². The first kappa shape index (κ1) is 14.8. The molecular weight excluding hydrogens is 307 g/mol. The van der Waals surface area contributed by atoms with Gasteiger partial charge >= 0.3 is 5.97 Å². The second-order valence-corrected chi connectivity index (χ2v) is 4.26. The lowest BCUT2D eigenvalue weighted by Gasteiger charge is -2.07. The third-order valence-electron chi connectivity index (χ3n) is 2.15. The molecular formula is C12H12BrFO4. The molecule has 0 spiro atoms. The standard InChI is InChI=1S/C12H12BrFO4/c1-3-18-12(16)11(15)7-4-9(13)8(6-17-2)10(14)5-7/h4-5H,3,6H2,1-2H3. The fourth-order valence-electron chi connectivity index (χ4n) is 1.33. The molecule has 18 heavy (non-hydrogen) atoms. The number of halogens is 2. The highest BCUT2D eigenvalue weighted by Gasteiger charge is 2.20. The van der Waals surface area contributed by atoms with Crippen molar-refractivity contribution in [3.8, 4) is 0 Å². The molecule has 0 unspecified atom stereocenters. The van der Waals surface area contributed by atoms with Crippen molar-refractivity contribution in [3.05, 3.63) is 33.5 Å². The smallest absolute Gasteiger partial charge is 0.379 e. The van der Waals surface area contributed by atoms with Crippen molar-refractivity contribution in [2.75, 3.05) is 13.7 Å². The van der Waals surface area contributed by atoms with Crippen molar-refractivity contribution in [1.82, 2.24) is 0 Å². The summed E-state index contributed by atoms with van der Waals surface area (Å²) in [6, 6.07) is 2.37. The van der Waals surface area contributed by atoms with Crippen LogP contribution in [0.15, 0.2) is 16.6 Å². The lowest BCUT2D eigenvalue weighted by Crippen LogP contribution is -2.18. The summed E-state index contributed by atoms with van der Waals surface area (Å²) < 4.78 is 23.5. The maximum atomic E-state index is 13.7. The van der Waals surface area contributed by atoms with Crippen LogP contribution in [0.4, 0.5) is 4.39 Å². The minimum atomic E-state index is -0.997. The number of methoxy groups -OCH3 is 1. The van der Waals surface area contributed by atoms with Crippen LogP contribution in [0.1, 0.15) is 22.8 Å². The first-order chi connectivity index (χ1) is 8.51. The molecule has 0 fully saturated rings. The summed E-state index contributed by atoms with van der Waals surface area (Å²) in [5.74, 6) is -2.48. The van der Waals surface area contributed by atoms with Crippen LogP contribution >= 0.6 is 15.9 Å². The number of hydrogen-bond acceptors (Lipinski definition) is 4. The van der Waals surface area contributed by atoms with E-state index in [-0.39, 0.29) is 24.3 Å². The highest BCUT2D eigenvalue weighted by Crippen LogP contribution is 2.23. The zero-order valence-electron chi connectivity index (χ0n) is 9.96. The lowest BCUT2D eigenvalue weighted by atomic mass is 10.1. The molecule has 0 bridgehead atoms. The molecule has 1 aromatic carbocycles. The minimum Gasteiger partial charge on any atom is -0.460 e. The van der Waals surface area contributed by atoms with Gasteiger partial charge in [-0.25, -0.2) is 9.18 Å². The molecule has 0 aliphatic heterocycles. The average molecular weight is 319 g/mol. The van der Waals surface area contributed by atoms with Gasteiger partial charge in [-0.05, 0) is 19.1 Å². The SMILES string of the molecule is CCOC(=O)C(=O)c1cc(F)c(COC)c(Br)c1. The molecule has 0 aliphatic rings. The largest absolute Gasteiger partial charge is 0.460 e. The van der Waals surface area contributed by atoms with E-state index in [1.807, 2.05) is 0 Å². The van der Waals surface area contributed by atoms with Crippen LogP contribution in [0.2, 0.25) is 0 Å². The predicted molar refractivity (Wildman–Crippen MR) is 65.8 cm³/mol. The van der Waals surface area contributed by atoms with E-state index < -0.39 is 17.6 Å². The van der Waals surface area contributed by atoms with Gasteiger partial charge in [0.2, 0.25) is 0 Å². The molecule has 0 radical (unpaired) electrons. The third kappa shape index (κ3) is 3.36. The monoisotopic (exact) mass is 318 g/mol. The number of carbonyl (C=O) groups is 2. The maximum Gasteiger partial charge on any atom is 0.379 e. The summed E-state index contributed by atoms with van der Waals surface area (Å²) in [6.07, 6.45) is 0. The fourth-order valence-corrected chi connectivity index (χ4v) is 1.88. The highest BCUT2D eigenvalue weighted by atomic mass is 79.9. The maximum absolute atomic E-state index is 13.7. The van der Waals surface area contributed by atoms with Crippen molar-refractivity contribution >= 4 is 27.7 Å². The molecule has 0 heterocycles. The molecule has 0 aromatic heterocycles. The fraction of sp³-hybridized carbons (Fsp3) is 0.333. The molecule has 1 rings (SSSR count). The Balaban J connectivity index is 3.06. The Morgan fingerprint density at radius 2 is 2.06 bits per heavy atom. The Bertz CT molecular complexity index is 450. The summed E-state index contributed by atoms with van der Waals surface area (Å²) in [7, 11) is 1.43. The van der Waals surface area contributed by atoms with E-state index >= 15 is 0 Å².